The van der Waals surface area contributed by atoms with E-state index < -0.39 is 6.04 Å². The number of ether oxygens (including phenoxy) is 3. The molecule has 0 saturated carbocycles. The van der Waals surface area contributed by atoms with Crippen LogP contribution in [0.4, 0.5) is 0 Å². The maximum absolute atomic E-state index is 13.9. The van der Waals surface area contributed by atoms with Crippen molar-refractivity contribution in [2.24, 2.45) is 0 Å². The molecule has 8 heteroatoms. The number of aryl methyl sites for hydroxylation is 1. The third kappa shape index (κ3) is 4.35. The lowest BCUT2D eigenvalue weighted by molar-refractivity contribution is 0.0314. The van der Waals surface area contributed by atoms with Gasteiger partial charge in [-0.05, 0) is 48.7 Å². The first-order valence-electron chi connectivity index (χ1n) is 12.6. The molecule has 1 fully saturated rings. The molecule has 5 rings (SSSR count). The Morgan fingerprint density at radius 1 is 1.00 bits per heavy atom. The second-order valence-electron chi connectivity index (χ2n) is 9.06. The molecule has 1 aromatic heterocycles. The van der Waals surface area contributed by atoms with Crippen LogP contribution in [0.1, 0.15) is 47.1 Å². The van der Waals surface area contributed by atoms with Crippen LogP contribution in [-0.2, 0) is 11.2 Å². The van der Waals surface area contributed by atoms with Crippen LogP contribution in [0.3, 0.4) is 0 Å². The first kappa shape index (κ1) is 24.3. The molecule has 36 heavy (non-hydrogen) atoms. The maximum Gasteiger partial charge on any atom is 0.290 e. The topological polar surface area (TPSA) is 81.5 Å². The van der Waals surface area contributed by atoms with E-state index in [1.54, 1.807) is 18.1 Å². The average molecular weight is 493 g/mol. The highest BCUT2D eigenvalue weighted by molar-refractivity contribution is 5.99. The first-order chi connectivity index (χ1) is 17.5. The lowest BCUT2D eigenvalue weighted by Gasteiger charge is -2.31. The van der Waals surface area contributed by atoms with Gasteiger partial charge >= 0.3 is 0 Å². The molecule has 3 heterocycles. The molecule has 2 aliphatic rings. The predicted octanol–water partition coefficient (Wildman–Crippen LogP) is 3.64. The number of carbonyl (C=O) groups is 1. The molecule has 2 aromatic carbocycles. The number of benzene rings is 2. The van der Waals surface area contributed by atoms with E-state index in [-0.39, 0.29) is 17.1 Å². The van der Waals surface area contributed by atoms with Gasteiger partial charge in [-0.2, -0.15) is 0 Å². The minimum atomic E-state index is -0.580. The summed E-state index contributed by atoms with van der Waals surface area (Å²) in [4.78, 5) is 31.6. The van der Waals surface area contributed by atoms with Crippen LogP contribution >= 0.6 is 0 Å². The van der Waals surface area contributed by atoms with E-state index in [4.69, 9.17) is 18.6 Å². The van der Waals surface area contributed by atoms with Gasteiger partial charge in [-0.25, -0.2) is 0 Å². The molecule has 2 aliphatic heterocycles. The van der Waals surface area contributed by atoms with Crippen molar-refractivity contribution in [1.82, 2.24) is 9.80 Å². The number of nitrogens with zero attached hydrogens (tertiary/aromatic N) is 2. The highest BCUT2D eigenvalue weighted by atomic mass is 16.5. The summed E-state index contributed by atoms with van der Waals surface area (Å²) >= 11 is 0. The third-order valence-electron chi connectivity index (χ3n) is 7.00. The number of hydrogen-bond donors (Lipinski definition) is 0. The fraction of sp³-hybridized carbons (Fsp3) is 0.429. The van der Waals surface area contributed by atoms with Crippen LogP contribution in [0.25, 0.3) is 11.0 Å². The zero-order chi connectivity index (χ0) is 25.2. The minimum absolute atomic E-state index is 0.122. The fourth-order valence-corrected chi connectivity index (χ4v) is 5.07. The minimum Gasteiger partial charge on any atom is -0.493 e. The number of carbonyl (C=O) groups excluding carboxylic acids is 1. The molecule has 0 aliphatic carbocycles. The van der Waals surface area contributed by atoms with Crippen molar-refractivity contribution in [1.29, 1.82) is 0 Å². The normalized spacial score (nSPS) is 18.0. The molecule has 1 saturated heterocycles. The van der Waals surface area contributed by atoms with Gasteiger partial charge in [-0.15, -0.1) is 0 Å². The number of fused-ring (bicyclic) bond motifs is 2. The lowest BCUT2D eigenvalue weighted by Crippen LogP contribution is -2.42. The van der Waals surface area contributed by atoms with Crippen LogP contribution in [0, 0.1) is 0 Å². The number of morpholine rings is 1. The third-order valence-corrected chi connectivity index (χ3v) is 7.00. The number of hydrogen-bond acceptors (Lipinski definition) is 7. The molecule has 0 spiro atoms. The smallest absolute Gasteiger partial charge is 0.290 e. The summed E-state index contributed by atoms with van der Waals surface area (Å²) in [5, 5.41) is 0.499. The van der Waals surface area contributed by atoms with Gasteiger partial charge < -0.3 is 23.5 Å². The summed E-state index contributed by atoms with van der Waals surface area (Å²) in [5.74, 6) is 1.03. The molecule has 0 radical (unpaired) electrons. The van der Waals surface area contributed by atoms with Crippen molar-refractivity contribution < 1.29 is 23.4 Å². The van der Waals surface area contributed by atoms with Crippen molar-refractivity contribution >= 4 is 16.9 Å². The summed E-state index contributed by atoms with van der Waals surface area (Å²) in [5.41, 5.74) is 2.48. The van der Waals surface area contributed by atoms with Crippen molar-refractivity contribution in [3.8, 4) is 11.5 Å². The van der Waals surface area contributed by atoms with Crippen molar-refractivity contribution in [2.45, 2.75) is 26.3 Å². The zero-order valence-corrected chi connectivity index (χ0v) is 21.0. The van der Waals surface area contributed by atoms with E-state index in [1.165, 1.54) is 0 Å². The first-order valence-corrected chi connectivity index (χ1v) is 12.6. The van der Waals surface area contributed by atoms with Gasteiger partial charge in [0.25, 0.3) is 5.91 Å². The summed E-state index contributed by atoms with van der Waals surface area (Å²) in [6.45, 7) is 8.59. The Kier molecular flexibility index (Phi) is 6.98. The Morgan fingerprint density at radius 2 is 1.81 bits per heavy atom. The molecular formula is C28H32N2O6. The highest BCUT2D eigenvalue weighted by Gasteiger charge is 2.43. The van der Waals surface area contributed by atoms with Crippen LogP contribution in [0.5, 0.6) is 11.5 Å². The Balaban J connectivity index is 1.62. The standard InChI is InChI=1S/C28H32N2O6/c1-4-18-6-8-21-20(16-18)26(31)24-25(19-7-9-22(35-5-2)23(17-19)33-3)30(28(32)27(24)36-21)11-10-29-12-14-34-15-13-29/h6-9,16-17,25H,4-5,10-15H2,1-3H3. The maximum atomic E-state index is 13.9. The molecule has 1 atom stereocenters. The van der Waals surface area contributed by atoms with E-state index >= 15 is 0 Å². The molecule has 190 valence electrons. The molecule has 1 unspecified atom stereocenters. The van der Waals surface area contributed by atoms with Crippen LogP contribution in [0.15, 0.2) is 45.6 Å². The number of amides is 1. The summed E-state index contributed by atoms with van der Waals surface area (Å²) in [6, 6.07) is 10.6. The Hall–Kier alpha value is -3.36. The molecular weight excluding hydrogens is 460 g/mol. The Morgan fingerprint density at radius 3 is 2.53 bits per heavy atom. The Labute approximate surface area is 210 Å². The van der Waals surface area contributed by atoms with Crippen LogP contribution in [0.2, 0.25) is 0 Å². The number of methoxy groups -OCH3 is 1. The van der Waals surface area contributed by atoms with Gasteiger partial charge in [0.2, 0.25) is 5.76 Å². The molecule has 8 nitrogen and oxygen atoms in total. The average Bonchev–Trinajstić information content (AvgIpc) is 3.19. The van der Waals surface area contributed by atoms with Gasteiger partial charge in [0.1, 0.15) is 5.58 Å². The lowest BCUT2D eigenvalue weighted by atomic mass is 9.97. The summed E-state index contributed by atoms with van der Waals surface area (Å²) in [7, 11) is 1.58. The van der Waals surface area contributed by atoms with Crippen molar-refractivity contribution in [3.05, 3.63) is 69.1 Å². The SMILES string of the molecule is CCOc1ccc(C2c3c(oc4ccc(CC)cc4c3=O)C(=O)N2CCN2CCOCC2)cc1OC. The highest BCUT2D eigenvalue weighted by Crippen LogP contribution is 2.41. The van der Waals surface area contributed by atoms with Crippen LogP contribution in [-0.4, -0.2) is 68.8 Å². The predicted molar refractivity (Wildman–Crippen MR) is 136 cm³/mol. The number of rotatable bonds is 8. The second kappa shape index (κ2) is 10.3. The van der Waals surface area contributed by atoms with E-state index in [2.05, 4.69) is 4.90 Å². The molecule has 0 N–H and O–H groups in total. The van der Waals surface area contributed by atoms with Gasteiger partial charge in [-0.3, -0.25) is 14.5 Å². The molecule has 0 bridgehead atoms. The van der Waals surface area contributed by atoms with Gasteiger partial charge in [-0.1, -0.05) is 19.1 Å². The van der Waals surface area contributed by atoms with Gasteiger partial charge in [0, 0.05) is 26.2 Å². The second-order valence-corrected chi connectivity index (χ2v) is 9.06. The summed E-state index contributed by atoms with van der Waals surface area (Å²) < 4.78 is 22.8. The van der Waals surface area contributed by atoms with E-state index in [1.807, 2.05) is 44.2 Å². The Bertz CT molecular complexity index is 1330. The van der Waals surface area contributed by atoms with Crippen LogP contribution < -0.4 is 14.9 Å². The van der Waals surface area contributed by atoms with E-state index in [0.717, 1.165) is 30.6 Å². The zero-order valence-electron chi connectivity index (χ0n) is 21.0. The van der Waals surface area contributed by atoms with Gasteiger partial charge in [0.05, 0.1) is 43.9 Å². The molecule has 3 aromatic rings. The fourth-order valence-electron chi connectivity index (χ4n) is 5.07. The van der Waals surface area contributed by atoms with E-state index in [9.17, 15) is 9.59 Å². The van der Waals surface area contributed by atoms with Crippen molar-refractivity contribution in [2.75, 3.05) is 53.1 Å². The monoisotopic (exact) mass is 492 g/mol. The summed E-state index contributed by atoms with van der Waals surface area (Å²) in [6.07, 6.45) is 0.802. The largest absolute Gasteiger partial charge is 0.493 e. The quantitative estimate of drug-likeness (QED) is 0.475. The van der Waals surface area contributed by atoms with Gasteiger partial charge in [0.15, 0.2) is 16.9 Å². The van der Waals surface area contributed by atoms with Crippen molar-refractivity contribution in [3.63, 3.8) is 0 Å². The molecule has 1 amide bonds. The van der Waals surface area contributed by atoms with E-state index in [0.29, 0.717) is 60.9 Å².